The number of ketones is 1. The lowest BCUT2D eigenvalue weighted by atomic mass is 10.0. The van der Waals surface area contributed by atoms with Crippen molar-refractivity contribution in [3.8, 4) is 0 Å². The number of rotatable bonds is 7. The zero-order valence-electron chi connectivity index (χ0n) is 14.6. The number of carbonyl (C=O) groups excluding carboxylic acids is 2. The van der Waals surface area contributed by atoms with Crippen LogP contribution in [0.5, 0.6) is 0 Å². The highest BCUT2D eigenvalue weighted by Gasteiger charge is 2.03. The van der Waals surface area contributed by atoms with E-state index in [9.17, 15) is 9.59 Å². The first kappa shape index (κ1) is 18.5. The van der Waals surface area contributed by atoms with Crippen LogP contribution in [0.2, 0.25) is 0 Å². The number of hydrogen-bond donors (Lipinski definition) is 1. The molecule has 2 aromatic rings. The third-order valence-electron chi connectivity index (χ3n) is 3.73. The van der Waals surface area contributed by atoms with Gasteiger partial charge in [0.2, 0.25) is 0 Å². The Morgan fingerprint density at radius 3 is 2.56 bits per heavy atom. The quantitative estimate of drug-likeness (QED) is 0.596. The van der Waals surface area contributed by atoms with Gasteiger partial charge in [-0.15, -0.1) is 0 Å². The molecule has 2 aromatic carbocycles. The molecule has 0 aliphatic heterocycles. The molecule has 0 aromatic heterocycles. The lowest BCUT2D eigenvalue weighted by molar-refractivity contribution is 0.101. The Labute approximate surface area is 148 Å². The zero-order chi connectivity index (χ0) is 18.1. The number of alkyl carbamates (subject to hydrolysis) is 1. The predicted molar refractivity (Wildman–Crippen MR) is 99.5 cm³/mol. The summed E-state index contributed by atoms with van der Waals surface area (Å²) in [5.74, 6) is 0.0752. The van der Waals surface area contributed by atoms with Crippen LogP contribution in [-0.4, -0.2) is 18.4 Å². The van der Waals surface area contributed by atoms with Gasteiger partial charge in [0.15, 0.2) is 5.78 Å². The molecule has 0 unspecified atom stereocenters. The summed E-state index contributed by atoms with van der Waals surface area (Å²) in [7, 11) is 0. The van der Waals surface area contributed by atoms with Crippen LogP contribution in [0.25, 0.3) is 6.08 Å². The smallest absolute Gasteiger partial charge is 0.407 e. The lowest BCUT2D eigenvalue weighted by Crippen LogP contribution is -2.24. The highest BCUT2D eigenvalue weighted by Crippen LogP contribution is 2.13. The number of ether oxygens (including phenoxy) is 1. The first-order valence-corrected chi connectivity index (χ1v) is 8.29. The largest absolute Gasteiger partial charge is 0.445 e. The molecule has 0 radical (unpaired) electrons. The monoisotopic (exact) mass is 337 g/mol. The van der Waals surface area contributed by atoms with Gasteiger partial charge in [-0.05, 0) is 37.0 Å². The maximum absolute atomic E-state index is 11.6. The van der Waals surface area contributed by atoms with E-state index in [4.69, 9.17) is 4.74 Å². The summed E-state index contributed by atoms with van der Waals surface area (Å²) in [4.78, 5) is 23.0. The van der Waals surface area contributed by atoms with Gasteiger partial charge in [-0.3, -0.25) is 4.79 Å². The first-order chi connectivity index (χ1) is 12.1. The molecule has 0 aliphatic carbocycles. The van der Waals surface area contributed by atoms with Crippen molar-refractivity contribution < 1.29 is 14.3 Å². The summed E-state index contributed by atoms with van der Waals surface area (Å²) in [5.41, 5.74) is 3.72. The van der Waals surface area contributed by atoms with E-state index in [-0.39, 0.29) is 12.4 Å². The third-order valence-corrected chi connectivity index (χ3v) is 3.73. The average Bonchev–Trinajstić information content (AvgIpc) is 2.60. The molecule has 0 saturated heterocycles. The van der Waals surface area contributed by atoms with Crippen LogP contribution in [0.4, 0.5) is 4.79 Å². The molecular weight excluding hydrogens is 314 g/mol. The Hall–Kier alpha value is -2.88. The normalized spacial score (nSPS) is 10.6. The Kier molecular flexibility index (Phi) is 6.96. The second-order valence-corrected chi connectivity index (χ2v) is 5.81. The number of hydrogen-bond acceptors (Lipinski definition) is 3. The third kappa shape index (κ3) is 6.26. The van der Waals surface area contributed by atoms with Gasteiger partial charge in [-0.25, -0.2) is 4.79 Å². The lowest BCUT2D eigenvalue weighted by Gasteiger charge is -2.06. The van der Waals surface area contributed by atoms with Gasteiger partial charge in [-0.1, -0.05) is 60.7 Å². The molecule has 0 fully saturated rings. The zero-order valence-corrected chi connectivity index (χ0v) is 14.6. The summed E-state index contributed by atoms with van der Waals surface area (Å²) in [6.07, 6.45) is 4.25. The predicted octanol–water partition coefficient (Wildman–Crippen LogP) is 4.53. The summed E-state index contributed by atoms with van der Waals surface area (Å²) >= 11 is 0. The van der Waals surface area contributed by atoms with E-state index in [1.54, 1.807) is 6.92 Å². The van der Waals surface area contributed by atoms with Crippen molar-refractivity contribution in [3.05, 3.63) is 76.9 Å². The van der Waals surface area contributed by atoms with Gasteiger partial charge in [-0.2, -0.15) is 0 Å². The summed E-state index contributed by atoms with van der Waals surface area (Å²) in [6, 6.07) is 15.3. The van der Waals surface area contributed by atoms with E-state index in [0.29, 0.717) is 13.0 Å². The van der Waals surface area contributed by atoms with Crippen molar-refractivity contribution in [2.45, 2.75) is 26.9 Å². The molecule has 4 heteroatoms. The standard InChI is InChI=1S/C21H23NO3/c1-16-14-18(11-12-20(16)17(2)23)8-6-7-13-22-21(24)25-15-19-9-4-3-5-10-19/h3-6,8-12,14H,7,13,15H2,1-2H3,(H,22,24). The van der Waals surface area contributed by atoms with Crippen molar-refractivity contribution in [2.24, 2.45) is 0 Å². The molecule has 2 rings (SSSR count). The molecule has 130 valence electrons. The minimum Gasteiger partial charge on any atom is -0.445 e. The highest BCUT2D eigenvalue weighted by molar-refractivity contribution is 5.95. The summed E-state index contributed by atoms with van der Waals surface area (Å²) in [5, 5.41) is 2.72. The molecule has 0 aliphatic rings. The fourth-order valence-corrected chi connectivity index (χ4v) is 2.44. The molecule has 0 bridgehead atoms. The van der Waals surface area contributed by atoms with E-state index in [1.807, 2.05) is 67.6 Å². The molecule has 4 nitrogen and oxygen atoms in total. The Balaban J connectivity index is 1.70. The van der Waals surface area contributed by atoms with Crippen LogP contribution in [0, 0.1) is 6.92 Å². The average molecular weight is 337 g/mol. The molecule has 1 amide bonds. The molecule has 0 spiro atoms. The minimum atomic E-state index is -0.418. The summed E-state index contributed by atoms with van der Waals surface area (Å²) in [6.45, 7) is 4.28. The number of carbonyl (C=O) groups is 2. The second kappa shape index (κ2) is 9.42. The van der Waals surface area contributed by atoms with Crippen LogP contribution >= 0.6 is 0 Å². The molecule has 1 N–H and O–H groups in total. The summed E-state index contributed by atoms with van der Waals surface area (Å²) < 4.78 is 5.14. The number of nitrogens with one attached hydrogen (secondary N) is 1. The second-order valence-electron chi connectivity index (χ2n) is 5.81. The van der Waals surface area contributed by atoms with Crippen LogP contribution in [0.15, 0.2) is 54.6 Å². The molecule has 0 atom stereocenters. The van der Waals surface area contributed by atoms with E-state index in [0.717, 1.165) is 22.3 Å². The maximum atomic E-state index is 11.6. The van der Waals surface area contributed by atoms with E-state index >= 15 is 0 Å². The van der Waals surface area contributed by atoms with Gasteiger partial charge < -0.3 is 10.1 Å². The minimum absolute atomic E-state index is 0.0752. The molecule has 0 heterocycles. The number of aryl methyl sites for hydroxylation is 1. The Morgan fingerprint density at radius 2 is 1.88 bits per heavy atom. The Morgan fingerprint density at radius 1 is 1.12 bits per heavy atom. The van der Waals surface area contributed by atoms with Crippen LogP contribution in [0.1, 0.15) is 40.4 Å². The van der Waals surface area contributed by atoms with Crippen molar-refractivity contribution >= 4 is 18.0 Å². The topological polar surface area (TPSA) is 55.4 Å². The van der Waals surface area contributed by atoms with E-state index < -0.39 is 6.09 Å². The molecule has 25 heavy (non-hydrogen) atoms. The fraction of sp³-hybridized carbons (Fsp3) is 0.238. The van der Waals surface area contributed by atoms with Gasteiger partial charge in [0, 0.05) is 12.1 Å². The number of amides is 1. The van der Waals surface area contributed by atoms with Gasteiger partial charge >= 0.3 is 6.09 Å². The van der Waals surface area contributed by atoms with Crippen molar-refractivity contribution in [3.63, 3.8) is 0 Å². The van der Waals surface area contributed by atoms with Gasteiger partial charge in [0.25, 0.3) is 0 Å². The first-order valence-electron chi connectivity index (χ1n) is 8.29. The number of Topliss-reactive ketones (excluding diaryl/α,β-unsaturated/α-hetero) is 1. The van der Waals surface area contributed by atoms with Crippen molar-refractivity contribution in [1.82, 2.24) is 5.32 Å². The fourth-order valence-electron chi connectivity index (χ4n) is 2.44. The van der Waals surface area contributed by atoms with Crippen LogP contribution in [-0.2, 0) is 11.3 Å². The van der Waals surface area contributed by atoms with E-state index in [1.165, 1.54) is 0 Å². The molecular formula is C21H23NO3. The van der Waals surface area contributed by atoms with Crippen molar-refractivity contribution in [1.29, 1.82) is 0 Å². The van der Waals surface area contributed by atoms with Crippen LogP contribution < -0.4 is 5.32 Å². The number of benzene rings is 2. The van der Waals surface area contributed by atoms with Gasteiger partial charge in [0.1, 0.15) is 6.61 Å². The van der Waals surface area contributed by atoms with Gasteiger partial charge in [0.05, 0.1) is 0 Å². The highest BCUT2D eigenvalue weighted by atomic mass is 16.5. The van der Waals surface area contributed by atoms with Crippen molar-refractivity contribution in [2.75, 3.05) is 6.54 Å². The SMILES string of the molecule is CC(=O)c1ccc(C=CCCNC(=O)OCc2ccccc2)cc1C. The molecule has 0 saturated carbocycles. The maximum Gasteiger partial charge on any atom is 0.407 e. The van der Waals surface area contributed by atoms with Crippen LogP contribution in [0.3, 0.4) is 0 Å². The Bertz CT molecular complexity index is 751. The van der Waals surface area contributed by atoms with E-state index in [2.05, 4.69) is 5.32 Å².